The number of benzene rings is 1. The van der Waals surface area contributed by atoms with Gasteiger partial charge in [-0.1, -0.05) is 0 Å². The van der Waals surface area contributed by atoms with Crippen LogP contribution >= 0.6 is 11.3 Å². The van der Waals surface area contributed by atoms with Gasteiger partial charge in [0.05, 0.1) is 27.4 Å². The molecule has 7 nitrogen and oxygen atoms in total. The van der Waals surface area contributed by atoms with E-state index in [-0.39, 0.29) is 17.4 Å². The lowest BCUT2D eigenvalue weighted by molar-refractivity contribution is -0.00808. The summed E-state index contributed by atoms with van der Waals surface area (Å²) in [6.07, 6.45) is 0. The largest absolute Gasteiger partial charge is 0.493 e. The molecule has 0 amide bonds. The lowest BCUT2D eigenvalue weighted by atomic mass is 10.2. The van der Waals surface area contributed by atoms with E-state index in [9.17, 15) is 9.90 Å². The second-order valence-corrected chi connectivity index (χ2v) is 5.48. The van der Waals surface area contributed by atoms with Gasteiger partial charge in [-0.3, -0.25) is 0 Å². The number of hydrogen-bond donors (Lipinski definition) is 1. The molecule has 8 heteroatoms. The van der Waals surface area contributed by atoms with Crippen LogP contribution in [0.3, 0.4) is 0 Å². The summed E-state index contributed by atoms with van der Waals surface area (Å²) in [7, 11) is 4.61. The molecule has 0 unspecified atom stereocenters. The van der Waals surface area contributed by atoms with Gasteiger partial charge in [0.25, 0.3) is 0 Å². The van der Waals surface area contributed by atoms with Crippen LogP contribution in [0.5, 0.6) is 17.2 Å². The zero-order valence-electron chi connectivity index (χ0n) is 13.1. The lowest BCUT2D eigenvalue weighted by Gasteiger charge is -2.09. The lowest BCUT2D eigenvalue weighted by Crippen LogP contribution is -2.09. The molecule has 1 aromatic carbocycles. The van der Waals surface area contributed by atoms with E-state index in [2.05, 4.69) is 0 Å². The van der Waals surface area contributed by atoms with Crippen LogP contribution in [0.4, 0.5) is 0 Å². The maximum atomic E-state index is 11.4. The highest BCUT2D eigenvalue weighted by Crippen LogP contribution is 2.43. The Hall–Kier alpha value is -2.03. The first-order chi connectivity index (χ1) is 11.1. The highest BCUT2D eigenvalue weighted by atomic mass is 32.1. The van der Waals surface area contributed by atoms with Crippen LogP contribution in [0.15, 0.2) is 12.1 Å². The smallest absolute Gasteiger partial charge is 0.349 e. The quantitative estimate of drug-likeness (QED) is 0.554. The molecule has 0 saturated heterocycles. The van der Waals surface area contributed by atoms with Crippen LogP contribution in [-0.4, -0.2) is 52.4 Å². The molecule has 0 radical (unpaired) electrons. The van der Waals surface area contributed by atoms with Crippen molar-refractivity contribution in [2.24, 2.45) is 0 Å². The first-order valence-electron chi connectivity index (χ1n) is 6.73. The molecule has 0 spiro atoms. The number of rotatable bonds is 9. The maximum Gasteiger partial charge on any atom is 0.349 e. The highest BCUT2D eigenvalue weighted by molar-refractivity contribution is 7.21. The van der Waals surface area contributed by atoms with Crippen LogP contribution in [-0.2, 0) is 9.47 Å². The number of methoxy groups -OCH3 is 3. The zero-order valence-corrected chi connectivity index (χ0v) is 13.9. The molecule has 0 saturated carbocycles. The molecular weight excluding hydrogens is 324 g/mol. The van der Waals surface area contributed by atoms with E-state index in [0.717, 1.165) is 16.0 Å². The Kier molecular flexibility index (Phi) is 6.03. The Balaban J connectivity index is 2.35. The number of hydrogen-bond acceptors (Lipinski definition) is 7. The van der Waals surface area contributed by atoms with Gasteiger partial charge in [-0.15, -0.1) is 11.3 Å². The van der Waals surface area contributed by atoms with Crippen LogP contribution in [0.2, 0.25) is 0 Å². The van der Waals surface area contributed by atoms with Crippen molar-refractivity contribution >= 4 is 27.4 Å². The number of thiophene rings is 1. The summed E-state index contributed by atoms with van der Waals surface area (Å²) >= 11 is 1.11. The molecule has 0 fully saturated rings. The third-order valence-corrected chi connectivity index (χ3v) is 4.18. The van der Waals surface area contributed by atoms with E-state index in [4.69, 9.17) is 23.7 Å². The summed E-state index contributed by atoms with van der Waals surface area (Å²) in [5.41, 5.74) is 0. The first kappa shape index (κ1) is 17.3. The van der Waals surface area contributed by atoms with Crippen molar-refractivity contribution in [2.75, 3.05) is 41.3 Å². The molecule has 0 atom stereocenters. The minimum atomic E-state index is -1.06. The van der Waals surface area contributed by atoms with Crippen LogP contribution in [0, 0.1) is 0 Å². The fourth-order valence-electron chi connectivity index (χ4n) is 1.99. The van der Waals surface area contributed by atoms with Gasteiger partial charge in [0, 0.05) is 23.3 Å². The van der Waals surface area contributed by atoms with E-state index >= 15 is 0 Å². The summed E-state index contributed by atoms with van der Waals surface area (Å²) in [5, 5.41) is 10.0. The third-order valence-electron chi connectivity index (χ3n) is 3.06. The predicted octanol–water partition coefficient (Wildman–Crippen LogP) is 2.62. The summed E-state index contributed by atoms with van der Waals surface area (Å²) in [4.78, 5) is 11.5. The minimum Gasteiger partial charge on any atom is -0.493 e. The number of aromatic carboxylic acids is 1. The van der Waals surface area contributed by atoms with Crippen molar-refractivity contribution in [2.45, 2.75) is 0 Å². The predicted molar refractivity (Wildman–Crippen MR) is 85.2 cm³/mol. The van der Waals surface area contributed by atoms with E-state index in [0.29, 0.717) is 30.1 Å². The number of carboxylic acid groups (broad SMARTS) is 1. The van der Waals surface area contributed by atoms with Crippen LogP contribution in [0.1, 0.15) is 9.67 Å². The van der Waals surface area contributed by atoms with Gasteiger partial charge in [-0.25, -0.2) is 4.79 Å². The van der Waals surface area contributed by atoms with E-state index in [1.54, 1.807) is 19.2 Å². The van der Waals surface area contributed by atoms with Gasteiger partial charge < -0.3 is 28.8 Å². The highest BCUT2D eigenvalue weighted by Gasteiger charge is 2.21. The molecular formula is C15H18O7S. The standard InChI is InChI=1S/C15H18O7S/c1-18-4-5-21-8-22-13-9-6-10(19-2)11(20-3)7-12(9)23-14(13)15(16)17/h6-7H,4-5,8H2,1-3H3,(H,16,17). The Morgan fingerprint density at radius 3 is 2.43 bits per heavy atom. The molecule has 23 heavy (non-hydrogen) atoms. The minimum absolute atomic E-state index is 0.0657. The van der Waals surface area contributed by atoms with E-state index in [1.165, 1.54) is 14.2 Å². The van der Waals surface area contributed by atoms with Crippen molar-refractivity contribution in [3.05, 3.63) is 17.0 Å². The van der Waals surface area contributed by atoms with Gasteiger partial charge in [-0.2, -0.15) is 0 Å². The van der Waals surface area contributed by atoms with Gasteiger partial charge in [0.1, 0.15) is 0 Å². The fraction of sp³-hybridized carbons (Fsp3) is 0.400. The average Bonchev–Trinajstić information content (AvgIpc) is 2.91. The molecule has 2 aromatic rings. The number of carbonyl (C=O) groups is 1. The van der Waals surface area contributed by atoms with Crippen LogP contribution < -0.4 is 14.2 Å². The monoisotopic (exact) mass is 342 g/mol. The van der Waals surface area contributed by atoms with Gasteiger partial charge >= 0.3 is 5.97 Å². The Bertz CT molecular complexity index is 680. The second-order valence-electron chi connectivity index (χ2n) is 4.43. The molecule has 0 aliphatic heterocycles. The molecule has 126 valence electrons. The summed E-state index contributed by atoms with van der Waals surface area (Å²) in [6, 6.07) is 3.42. The number of carboxylic acids is 1. The maximum absolute atomic E-state index is 11.4. The van der Waals surface area contributed by atoms with Gasteiger partial charge in [0.15, 0.2) is 28.9 Å². The van der Waals surface area contributed by atoms with Gasteiger partial charge in [0.2, 0.25) is 0 Å². The van der Waals surface area contributed by atoms with Crippen LogP contribution in [0.25, 0.3) is 10.1 Å². The van der Waals surface area contributed by atoms with Crippen molar-refractivity contribution in [1.82, 2.24) is 0 Å². The summed E-state index contributed by atoms with van der Waals surface area (Å²) < 4.78 is 26.9. The summed E-state index contributed by atoms with van der Waals surface area (Å²) in [6.45, 7) is 0.729. The topological polar surface area (TPSA) is 83.5 Å². The Morgan fingerprint density at radius 1 is 1.13 bits per heavy atom. The molecule has 0 bridgehead atoms. The van der Waals surface area contributed by atoms with Gasteiger partial charge in [-0.05, 0) is 6.07 Å². The van der Waals surface area contributed by atoms with Crippen molar-refractivity contribution in [1.29, 1.82) is 0 Å². The SMILES string of the molecule is COCCOCOc1c(C(=O)O)sc2cc(OC)c(OC)cc12. The molecule has 1 heterocycles. The van der Waals surface area contributed by atoms with Crippen molar-refractivity contribution in [3.63, 3.8) is 0 Å². The molecule has 1 N–H and O–H groups in total. The summed E-state index contributed by atoms with van der Waals surface area (Å²) in [5.74, 6) is 0.230. The molecule has 0 aliphatic carbocycles. The zero-order chi connectivity index (χ0) is 16.8. The van der Waals surface area contributed by atoms with E-state index < -0.39 is 5.97 Å². The number of ether oxygens (including phenoxy) is 5. The number of fused-ring (bicyclic) bond motifs is 1. The Labute approximate surface area is 137 Å². The fourth-order valence-corrected chi connectivity index (χ4v) is 2.98. The van der Waals surface area contributed by atoms with E-state index in [1.807, 2.05) is 0 Å². The molecule has 1 aromatic heterocycles. The van der Waals surface area contributed by atoms with Crippen molar-refractivity contribution < 1.29 is 33.6 Å². The average molecular weight is 342 g/mol. The molecule has 2 rings (SSSR count). The Morgan fingerprint density at radius 2 is 1.83 bits per heavy atom. The molecule has 0 aliphatic rings. The second kappa shape index (κ2) is 8.00. The van der Waals surface area contributed by atoms with Crippen molar-refractivity contribution in [3.8, 4) is 17.2 Å². The third kappa shape index (κ3) is 3.84. The first-order valence-corrected chi connectivity index (χ1v) is 7.55. The normalized spacial score (nSPS) is 10.7.